The lowest BCUT2D eigenvalue weighted by atomic mass is 10.3. The van der Waals surface area contributed by atoms with Gasteiger partial charge in [-0.05, 0) is 6.42 Å². The highest BCUT2D eigenvalue weighted by Gasteiger charge is 1.69. The Kier molecular flexibility index (Phi) is 5.32. The molecule has 0 aromatic heterocycles. The van der Waals surface area contributed by atoms with E-state index in [1.165, 1.54) is 0 Å². The van der Waals surface area contributed by atoms with Gasteiger partial charge < -0.3 is 0 Å². The zero-order chi connectivity index (χ0) is 6.24. The number of rotatable bonds is 3. The van der Waals surface area contributed by atoms with Crippen LogP contribution in [-0.4, -0.2) is 0 Å². The average Bonchev–Trinajstić information content (AvgIpc) is 1.81. The first-order valence-electron chi connectivity index (χ1n) is 2.63. The van der Waals surface area contributed by atoms with E-state index in [0.717, 1.165) is 12.8 Å². The van der Waals surface area contributed by atoms with Crippen LogP contribution < -0.4 is 0 Å². The molecule has 0 bridgehead atoms. The molecule has 0 aliphatic rings. The van der Waals surface area contributed by atoms with Crippen LogP contribution >= 0.6 is 0 Å². The highest BCUT2D eigenvalue weighted by Crippen LogP contribution is 1.87. The highest BCUT2D eigenvalue weighted by atomic mass is 13.7. The van der Waals surface area contributed by atoms with E-state index < -0.39 is 0 Å². The maximum atomic E-state index is 5.00. The van der Waals surface area contributed by atoms with Gasteiger partial charge >= 0.3 is 0 Å². The molecule has 0 radical (unpaired) electrons. The molecule has 8 heavy (non-hydrogen) atoms. The summed E-state index contributed by atoms with van der Waals surface area (Å²) in [6, 6.07) is 0. The summed E-state index contributed by atoms with van der Waals surface area (Å²) in [5, 5.41) is 0. The Balaban J connectivity index is 3.06. The van der Waals surface area contributed by atoms with Gasteiger partial charge in [0, 0.05) is 6.42 Å². The van der Waals surface area contributed by atoms with Gasteiger partial charge in [-0.3, -0.25) is 0 Å². The standard InChI is InChI=1S/C8H10/c1-3-5-7-8-6-4-2/h1,4,6,8H,2,5,7H2. The Bertz CT molecular complexity index is 112. The normalized spacial score (nSPS) is 8.88. The Morgan fingerprint density at radius 2 is 2.38 bits per heavy atom. The number of unbranched alkanes of at least 4 members (excludes halogenated alkanes) is 1. The van der Waals surface area contributed by atoms with E-state index in [0.29, 0.717) is 0 Å². The molecular weight excluding hydrogens is 96.1 g/mol. The van der Waals surface area contributed by atoms with Crippen molar-refractivity contribution >= 4 is 0 Å². The molecule has 0 saturated heterocycles. The van der Waals surface area contributed by atoms with E-state index >= 15 is 0 Å². The van der Waals surface area contributed by atoms with Crippen molar-refractivity contribution in [2.75, 3.05) is 0 Å². The second-order valence-corrected chi connectivity index (χ2v) is 1.41. The van der Waals surface area contributed by atoms with Gasteiger partial charge in [0.15, 0.2) is 0 Å². The van der Waals surface area contributed by atoms with E-state index in [9.17, 15) is 0 Å². The molecule has 0 heteroatoms. The van der Waals surface area contributed by atoms with E-state index in [2.05, 4.69) is 12.5 Å². The molecule has 0 atom stereocenters. The van der Waals surface area contributed by atoms with Crippen LogP contribution in [0.15, 0.2) is 24.8 Å². The quantitative estimate of drug-likeness (QED) is 0.294. The minimum atomic E-state index is 0.824. The summed E-state index contributed by atoms with van der Waals surface area (Å²) >= 11 is 0. The van der Waals surface area contributed by atoms with E-state index in [1.807, 2.05) is 12.2 Å². The van der Waals surface area contributed by atoms with Gasteiger partial charge in [-0.25, -0.2) is 0 Å². The second-order valence-electron chi connectivity index (χ2n) is 1.41. The van der Waals surface area contributed by atoms with Crippen LogP contribution in [0.1, 0.15) is 12.8 Å². The maximum absolute atomic E-state index is 5.00. The first-order valence-corrected chi connectivity index (χ1v) is 2.63. The third-order valence-corrected chi connectivity index (χ3v) is 0.728. The summed E-state index contributed by atoms with van der Waals surface area (Å²) in [6.45, 7) is 3.52. The van der Waals surface area contributed by atoms with Crippen LogP contribution in [-0.2, 0) is 0 Å². The van der Waals surface area contributed by atoms with Gasteiger partial charge in [0.1, 0.15) is 0 Å². The van der Waals surface area contributed by atoms with Crippen LogP contribution in [0.2, 0.25) is 0 Å². The molecule has 0 saturated carbocycles. The average molecular weight is 106 g/mol. The summed E-state index contributed by atoms with van der Waals surface area (Å²) in [5.74, 6) is 2.54. The minimum absolute atomic E-state index is 0.824. The second kappa shape index (κ2) is 6.04. The first kappa shape index (κ1) is 7.04. The summed E-state index contributed by atoms with van der Waals surface area (Å²) in [6.07, 6.45) is 12.4. The fourth-order valence-electron chi connectivity index (χ4n) is 0.359. The molecule has 0 rings (SSSR count). The third kappa shape index (κ3) is 5.04. The Labute approximate surface area is 50.9 Å². The summed E-state index contributed by atoms with van der Waals surface area (Å²) < 4.78 is 0. The zero-order valence-electron chi connectivity index (χ0n) is 4.93. The molecule has 0 amide bonds. The first-order chi connectivity index (χ1) is 3.91. The highest BCUT2D eigenvalue weighted by molar-refractivity contribution is 4.98. The van der Waals surface area contributed by atoms with E-state index in [1.54, 1.807) is 6.08 Å². The molecule has 42 valence electrons. The van der Waals surface area contributed by atoms with E-state index in [4.69, 9.17) is 6.42 Å². The molecule has 0 heterocycles. The topological polar surface area (TPSA) is 0 Å². The predicted octanol–water partition coefficient (Wildman–Crippen LogP) is 2.14. The summed E-state index contributed by atoms with van der Waals surface area (Å²) in [4.78, 5) is 0. The summed E-state index contributed by atoms with van der Waals surface area (Å²) in [7, 11) is 0. The van der Waals surface area contributed by atoms with Crippen molar-refractivity contribution in [3.63, 3.8) is 0 Å². The van der Waals surface area contributed by atoms with E-state index in [-0.39, 0.29) is 0 Å². The van der Waals surface area contributed by atoms with Gasteiger partial charge in [-0.2, -0.15) is 0 Å². The van der Waals surface area contributed by atoms with Crippen molar-refractivity contribution in [3.8, 4) is 12.3 Å². The molecule has 0 aromatic carbocycles. The van der Waals surface area contributed by atoms with Crippen molar-refractivity contribution in [3.05, 3.63) is 24.8 Å². The zero-order valence-corrected chi connectivity index (χ0v) is 4.93. The minimum Gasteiger partial charge on any atom is -0.120 e. The SMILES string of the molecule is C#CCCC=CC=C. The molecular formula is C8H10. The summed E-state index contributed by atoms with van der Waals surface area (Å²) in [5.41, 5.74) is 0. The van der Waals surface area contributed by atoms with Crippen LogP contribution in [0, 0.1) is 12.3 Å². The fraction of sp³-hybridized carbons (Fsp3) is 0.250. The monoisotopic (exact) mass is 106 g/mol. The van der Waals surface area contributed by atoms with Crippen LogP contribution in [0.5, 0.6) is 0 Å². The lowest BCUT2D eigenvalue weighted by Crippen LogP contribution is -1.60. The Morgan fingerprint density at radius 1 is 1.62 bits per heavy atom. The molecule has 0 unspecified atom stereocenters. The number of hydrogen-bond donors (Lipinski definition) is 0. The van der Waals surface area contributed by atoms with Crippen LogP contribution in [0.3, 0.4) is 0 Å². The van der Waals surface area contributed by atoms with Gasteiger partial charge in [-0.15, -0.1) is 12.3 Å². The molecule has 0 nitrogen and oxygen atoms in total. The molecule has 0 aliphatic heterocycles. The fourth-order valence-corrected chi connectivity index (χ4v) is 0.359. The predicted molar refractivity (Wildman–Crippen MR) is 37.4 cm³/mol. The van der Waals surface area contributed by atoms with Gasteiger partial charge in [0.25, 0.3) is 0 Å². The van der Waals surface area contributed by atoms with Crippen molar-refractivity contribution in [1.29, 1.82) is 0 Å². The van der Waals surface area contributed by atoms with Crippen LogP contribution in [0.25, 0.3) is 0 Å². The molecule has 0 N–H and O–H groups in total. The third-order valence-electron chi connectivity index (χ3n) is 0.728. The number of hydrogen-bond acceptors (Lipinski definition) is 0. The Morgan fingerprint density at radius 3 is 2.88 bits per heavy atom. The smallest absolute Gasteiger partial charge is 0.0121 e. The number of allylic oxidation sites excluding steroid dienone is 3. The van der Waals surface area contributed by atoms with Crippen molar-refractivity contribution < 1.29 is 0 Å². The van der Waals surface area contributed by atoms with Crippen molar-refractivity contribution in [2.24, 2.45) is 0 Å². The van der Waals surface area contributed by atoms with Gasteiger partial charge in [0.2, 0.25) is 0 Å². The lowest BCUT2D eigenvalue weighted by molar-refractivity contribution is 1.09. The van der Waals surface area contributed by atoms with Crippen molar-refractivity contribution in [2.45, 2.75) is 12.8 Å². The molecule has 0 aliphatic carbocycles. The number of terminal acetylenes is 1. The molecule has 0 spiro atoms. The van der Waals surface area contributed by atoms with Crippen molar-refractivity contribution in [1.82, 2.24) is 0 Å². The lowest BCUT2D eigenvalue weighted by Gasteiger charge is -1.77. The maximum Gasteiger partial charge on any atom is 0.0121 e. The van der Waals surface area contributed by atoms with Gasteiger partial charge in [0.05, 0.1) is 0 Å². The van der Waals surface area contributed by atoms with Crippen LogP contribution in [0.4, 0.5) is 0 Å². The largest absolute Gasteiger partial charge is 0.120 e. The Hall–Kier alpha value is -0.960. The van der Waals surface area contributed by atoms with Gasteiger partial charge in [-0.1, -0.05) is 24.8 Å². The molecule has 0 fully saturated rings. The molecule has 0 aromatic rings.